The lowest BCUT2D eigenvalue weighted by Crippen LogP contribution is -2.07. The van der Waals surface area contributed by atoms with Crippen LogP contribution in [0.5, 0.6) is 5.75 Å². The number of rotatable bonds is 11. The van der Waals surface area contributed by atoms with Gasteiger partial charge in [0.05, 0.1) is 0 Å². The summed E-state index contributed by atoms with van der Waals surface area (Å²) >= 11 is 1.73. The van der Waals surface area contributed by atoms with Crippen LogP contribution in [0.25, 0.3) is 11.1 Å². The van der Waals surface area contributed by atoms with Crippen LogP contribution in [-0.4, -0.2) is 21.8 Å². The molecule has 1 heterocycles. The molecule has 0 fully saturated rings. The topological polar surface area (TPSA) is 58.8 Å². The van der Waals surface area contributed by atoms with Crippen LogP contribution in [0.15, 0.2) is 41.8 Å². The highest BCUT2D eigenvalue weighted by Crippen LogP contribution is 2.23. The highest BCUT2D eigenvalue weighted by molar-refractivity contribution is 7.99. The molecule has 0 saturated carbocycles. The molecule has 138 valence electrons. The van der Waals surface area contributed by atoms with Gasteiger partial charge in [-0.15, -0.1) is 0 Å². The predicted octanol–water partition coefficient (Wildman–Crippen LogP) is 5.89. The molecule has 1 aromatic carbocycles. The monoisotopic (exact) mass is 369 g/mol. The molecular formula is C21H27N3OS. The van der Waals surface area contributed by atoms with Gasteiger partial charge in [-0.05, 0) is 31.0 Å². The summed E-state index contributed by atoms with van der Waals surface area (Å²) in [5, 5.41) is 9.62. The molecule has 1 aromatic heterocycles. The minimum absolute atomic E-state index is 0.452. The average Bonchev–Trinajstić information content (AvgIpc) is 2.68. The number of nitriles is 1. The lowest BCUT2D eigenvalue weighted by atomic mass is 10.1. The Kier molecular flexibility index (Phi) is 8.99. The van der Waals surface area contributed by atoms with E-state index in [0.29, 0.717) is 5.75 Å². The maximum Gasteiger partial charge on any atom is 0.187 e. The first-order chi connectivity index (χ1) is 12.7. The lowest BCUT2D eigenvalue weighted by molar-refractivity contribution is 0.276. The van der Waals surface area contributed by atoms with E-state index in [9.17, 15) is 0 Å². The molecule has 0 amide bonds. The summed E-state index contributed by atoms with van der Waals surface area (Å²) in [6.07, 6.45) is 11.1. The Labute approximate surface area is 161 Å². The van der Waals surface area contributed by atoms with Crippen molar-refractivity contribution < 1.29 is 4.74 Å². The number of thioether (sulfide) groups is 1. The summed E-state index contributed by atoms with van der Waals surface area (Å²) in [4.78, 5) is 8.93. The predicted molar refractivity (Wildman–Crippen MR) is 107 cm³/mol. The van der Waals surface area contributed by atoms with E-state index in [2.05, 4.69) is 23.0 Å². The molecule has 0 N–H and O–H groups in total. The third-order valence-electron chi connectivity index (χ3n) is 4.04. The molecule has 0 saturated heterocycles. The van der Waals surface area contributed by atoms with Gasteiger partial charge < -0.3 is 4.74 Å². The number of aromatic nitrogens is 2. The molecule has 0 aliphatic heterocycles. The summed E-state index contributed by atoms with van der Waals surface area (Å²) in [5.41, 5.74) is 2.02. The van der Waals surface area contributed by atoms with Crippen LogP contribution >= 0.6 is 11.8 Å². The van der Waals surface area contributed by atoms with Gasteiger partial charge >= 0.3 is 0 Å². The van der Waals surface area contributed by atoms with Crippen molar-refractivity contribution in [3.05, 3.63) is 36.7 Å². The molecule has 0 bridgehead atoms. The summed E-state index contributed by atoms with van der Waals surface area (Å²) < 4.78 is 5.46. The van der Waals surface area contributed by atoms with Crippen molar-refractivity contribution in [2.75, 3.05) is 5.75 Å². The van der Waals surface area contributed by atoms with Gasteiger partial charge in [0, 0.05) is 23.7 Å². The van der Waals surface area contributed by atoms with E-state index in [1.54, 1.807) is 18.7 Å². The van der Waals surface area contributed by atoms with Crippen LogP contribution in [0.4, 0.5) is 0 Å². The van der Waals surface area contributed by atoms with Crippen LogP contribution in [0.3, 0.4) is 0 Å². The largest absolute Gasteiger partial charge is 0.476 e. The number of nitrogens with zero attached hydrogens (tertiary/aromatic N) is 3. The second kappa shape index (κ2) is 11.5. The van der Waals surface area contributed by atoms with Crippen molar-refractivity contribution in [1.29, 1.82) is 5.26 Å². The van der Waals surface area contributed by atoms with Crippen molar-refractivity contribution >= 4 is 11.8 Å². The first kappa shape index (κ1) is 20.3. The second-order valence-electron chi connectivity index (χ2n) is 6.28. The van der Waals surface area contributed by atoms with Gasteiger partial charge in [0.15, 0.2) is 11.3 Å². The van der Waals surface area contributed by atoms with Gasteiger partial charge in [0.2, 0.25) is 0 Å². The zero-order chi connectivity index (χ0) is 18.6. The smallest absolute Gasteiger partial charge is 0.187 e. The molecule has 0 radical (unpaired) electrons. The minimum atomic E-state index is -0.452. The van der Waals surface area contributed by atoms with Crippen molar-refractivity contribution in [3.8, 4) is 22.9 Å². The SMILES string of the molecule is CCCCCCCCSc1ncc(-c2ccc(O[C@H](C)C#N)cc2)cn1. The van der Waals surface area contributed by atoms with Gasteiger partial charge in [0.25, 0.3) is 0 Å². The fraction of sp³-hybridized carbons (Fsp3) is 0.476. The fourth-order valence-corrected chi connectivity index (χ4v) is 3.33. The summed E-state index contributed by atoms with van der Waals surface area (Å²) in [5.74, 6) is 1.77. The van der Waals surface area contributed by atoms with Crippen LogP contribution in [0.1, 0.15) is 52.4 Å². The van der Waals surface area contributed by atoms with Crippen molar-refractivity contribution in [2.24, 2.45) is 0 Å². The molecule has 5 heteroatoms. The fourth-order valence-electron chi connectivity index (χ4n) is 2.54. The highest BCUT2D eigenvalue weighted by atomic mass is 32.2. The Hall–Kier alpha value is -2.06. The maximum absolute atomic E-state index is 8.79. The van der Waals surface area contributed by atoms with Gasteiger partial charge in [-0.25, -0.2) is 9.97 Å². The molecule has 2 rings (SSSR count). The van der Waals surface area contributed by atoms with E-state index >= 15 is 0 Å². The molecule has 2 aromatic rings. The molecule has 0 unspecified atom stereocenters. The number of ether oxygens (including phenoxy) is 1. The molecule has 0 spiro atoms. The second-order valence-corrected chi connectivity index (χ2v) is 7.35. The first-order valence-corrected chi connectivity index (χ1v) is 10.3. The van der Waals surface area contributed by atoms with E-state index < -0.39 is 6.10 Å². The van der Waals surface area contributed by atoms with Crippen LogP contribution in [-0.2, 0) is 0 Å². The van der Waals surface area contributed by atoms with E-state index in [1.165, 1.54) is 38.5 Å². The van der Waals surface area contributed by atoms with Gasteiger partial charge in [-0.2, -0.15) is 5.26 Å². The average molecular weight is 370 g/mol. The molecule has 0 aliphatic carbocycles. The van der Waals surface area contributed by atoms with Gasteiger partial charge in [-0.3, -0.25) is 0 Å². The Morgan fingerprint density at radius 2 is 1.65 bits per heavy atom. The van der Waals surface area contributed by atoms with Crippen molar-refractivity contribution in [3.63, 3.8) is 0 Å². The standard InChI is InChI=1S/C21H27N3OS/c1-3-4-5-6-7-8-13-26-21-23-15-19(16-24-21)18-9-11-20(12-10-18)25-17(2)14-22/h9-12,15-17H,3-8,13H2,1-2H3/t17-/m1/s1. The Morgan fingerprint density at radius 1 is 1.00 bits per heavy atom. The Bertz CT molecular complexity index is 680. The highest BCUT2D eigenvalue weighted by Gasteiger charge is 2.04. The van der Waals surface area contributed by atoms with Crippen molar-refractivity contribution in [1.82, 2.24) is 9.97 Å². The third-order valence-corrected chi connectivity index (χ3v) is 5.00. The van der Waals surface area contributed by atoms with Gasteiger partial charge in [-0.1, -0.05) is 62.9 Å². The van der Waals surface area contributed by atoms with Crippen LogP contribution < -0.4 is 4.74 Å². The van der Waals surface area contributed by atoms with E-state index in [-0.39, 0.29) is 0 Å². The zero-order valence-electron chi connectivity index (χ0n) is 15.6. The number of benzene rings is 1. The van der Waals surface area contributed by atoms with E-state index in [0.717, 1.165) is 22.0 Å². The molecule has 4 nitrogen and oxygen atoms in total. The lowest BCUT2D eigenvalue weighted by Gasteiger charge is -2.08. The first-order valence-electron chi connectivity index (χ1n) is 9.34. The van der Waals surface area contributed by atoms with Crippen LogP contribution in [0.2, 0.25) is 0 Å². The third kappa shape index (κ3) is 7.05. The maximum atomic E-state index is 8.79. The normalized spacial score (nSPS) is 11.7. The Balaban J connectivity index is 1.79. The van der Waals surface area contributed by atoms with E-state index in [1.807, 2.05) is 36.7 Å². The number of hydrogen-bond donors (Lipinski definition) is 0. The number of unbranched alkanes of at least 4 members (excludes halogenated alkanes) is 5. The molecule has 26 heavy (non-hydrogen) atoms. The molecular weight excluding hydrogens is 342 g/mol. The zero-order valence-corrected chi connectivity index (χ0v) is 16.5. The quantitative estimate of drug-likeness (QED) is 0.281. The number of hydrogen-bond acceptors (Lipinski definition) is 5. The van der Waals surface area contributed by atoms with Crippen molar-refractivity contribution in [2.45, 2.75) is 63.6 Å². The molecule has 1 atom stereocenters. The van der Waals surface area contributed by atoms with Crippen LogP contribution in [0, 0.1) is 11.3 Å². The van der Waals surface area contributed by atoms with Gasteiger partial charge in [0.1, 0.15) is 11.8 Å². The minimum Gasteiger partial charge on any atom is -0.476 e. The van der Waals surface area contributed by atoms with E-state index in [4.69, 9.17) is 10.00 Å². The molecule has 0 aliphatic rings. The Morgan fingerprint density at radius 3 is 2.31 bits per heavy atom. The summed E-state index contributed by atoms with van der Waals surface area (Å²) in [6, 6.07) is 9.70. The summed E-state index contributed by atoms with van der Waals surface area (Å²) in [7, 11) is 0. The summed E-state index contributed by atoms with van der Waals surface area (Å²) in [6.45, 7) is 3.97.